The zero-order valence-corrected chi connectivity index (χ0v) is 33.8. The minimum atomic E-state index is -5.59. The number of aliphatic hydroxyl groups excluding tert-OH is 2. The molecule has 0 bridgehead atoms. The highest BCUT2D eigenvalue weighted by molar-refractivity contribution is 8.13. The molecule has 4 heterocycles. The van der Waals surface area contributed by atoms with E-state index >= 15 is 0 Å². The molecule has 2 amide bonds. The minimum Gasteiger partial charge on any atom is -0.386 e. The van der Waals surface area contributed by atoms with E-state index in [0.29, 0.717) is 5.56 Å². The summed E-state index contributed by atoms with van der Waals surface area (Å²) in [6.07, 6.45) is -4.74. The number of phosphoric ester groups is 3. The molecule has 7 atom stereocenters. The van der Waals surface area contributed by atoms with Crippen LogP contribution in [0.1, 0.15) is 32.1 Å². The predicted octanol–water partition coefficient (Wildman–Crippen LogP) is -0.558. The number of anilines is 1. The first-order valence-electron chi connectivity index (χ1n) is 16.6. The number of thioether (sulfide) groups is 1. The molecule has 0 spiro atoms. The Morgan fingerprint density at radius 1 is 1.07 bits per heavy atom. The number of carbonyl (C=O) groups excluding carboxylic acids is 3. The molecule has 0 aromatic carbocycles. The molecule has 30 heteroatoms. The molecule has 2 unspecified atom stereocenters. The van der Waals surface area contributed by atoms with Gasteiger partial charge in [0.15, 0.2) is 22.8 Å². The summed E-state index contributed by atoms with van der Waals surface area (Å²) < 4.78 is 75.3. The number of ether oxygens (including phenoxy) is 1. The van der Waals surface area contributed by atoms with E-state index in [2.05, 4.69) is 39.4 Å². The Kier molecular flexibility index (Phi) is 16.2. The van der Waals surface area contributed by atoms with Crippen molar-refractivity contribution in [1.82, 2.24) is 35.1 Å². The number of nitrogens with zero attached hydrogens (tertiary/aromatic N) is 5. The van der Waals surface area contributed by atoms with Gasteiger partial charge in [-0.1, -0.05) is 25.6 Å². The number of nitrogens with two attached hydrogens (primary N) is 1. The number of nitrogen functional groups attached to an aromatic ring is 1. The third-order valence-corrected chi connectivity index (χ3v) is 11.8. The monoisotopic (exact) mass is 904 g/mol. The Morgan fingerprint density at radius 2 is 1.78 bits per heavy atom. The van der Waals surface area contributed by atoms with E-state index in [1.165, 1.54) is 26.1 Å². The van der Waals surface area contributed by atoms with E-state index in [0.717, 1.165) is 35.2 Å². The number of halogens is 1. The van der Waals surface area contributed by atoms with Crippen LogP contribution in [0, 0.1) is 11.2 Å². The summed E-state index contributed by atoms with van der Waals surface area (Å²) in [4.78, 5) is 91.3. The van der Waals surface area contributed by atoms with Crippen LogP contribution >= 0.6 is 35.2 Å². The van der Waals surface area contributed by atoms with Gasteiger partial charge in [0, 0.05) is 43.3 Å². The lowest BCUT2D eigenvalue weighted by atomic mass is 9.87. The molecule has 0 aliphatic carbocycles. The maximum Gasteiger partial charge on any atom is 0.481 e. The number of nitrogens with one attached hydrogen (secondary N) is 2. The van der Waals surface area contributed by atoms with Crippen molar-refractivity contribution in [3.63, 3.8) is 0 Å². The van der Waals surface area contributed by atoms with Gasteiger partial charge in [0.05, 0.1) is 25.7 Å². The van der Waals surface area contributed by atoms with Crippen molar-refractivity contribution < 1.29 is 84.9 Å². The van der Waals surface area contributed by atoms with Crippen LogP contribution in [0.15, 0.2) is 31.1 Å². The first-order chi connectivity index (χ1) is 27.0. The van der Waals surface area contributed by atoms with Crippen LogP contribution in [0.3, 0.4) is 0 Å². The molecule has 4 rings (SSSR count). The van der Waals surface area contributed by atoms with Gasteiger partial charge >= 0.3 is 23.5 Å². The smallest absolute Gasteiger partial charge is 0.386 e. The van der Waals surface area contributed by atoms with Gasteiger partial charge in [0.25, 0.3) is 0 Å². The van der Waals surface area contributed by atoms with E-state index in [1.807, 2.05) is 0 Å². The standard InChI is InChI=1S/C28H40FN8O17P3S/c1-28(2,23(41)26(42)33-4-3-18(38)32-5-6-58-19(39)8-15-7-16(29)10-31-9-15)12-51-57(48,49)54-56(46,47)50-11-17-22(53-55(43,44)45)21(40)27(52-17)37-14-36-20-24(30)34-13-35-25(20)37/h7,9-10,13-14,17,21-23,27,40-41H,3-6,8,11-12H2,1-2H3,(H,32,38)(H,33,42)(H,46,47)(H,48,49)(H2,30,34,35)(H2,43,44,45)/t17-,21-,22-,23+,27-/m1/s1. The minimum absolute atomic E-state index is 0.0212. The topological polar surface area (TPSA) is 377 Å². The van der Waals surface area contributed by atoms with Gasteiger partial charge in [-0.15, -0.1) is 0 Å². The molecule has 25 nitrogen and oxygen atoms in total. The molecule has 58 heavy (non-hydrogen) atoms. The highest BCUT2D eigenvalue weighted by atomic mass is 32.2. The average Bonchev–Trinajstić information content (AvgIpc) is 3.68. The summed E-state index contributed by atoms with van der Waals surface area (Å²) in [6, 6.07) is 1.19. The Balaban J connectivity index is 1.21. The number of fused-ring (bicyclic) bond motifs is 1. The highest BCUT2D eigenvalue weighted by Gasteiger charge is 2.50. The Hall–Kier alpha value is -3.36. The number of aromatic nitrogens is 5. The van der Waals surface area contributed by atoms with Crippen LogP contribution in [0.5, 0.6) is 0 Å². The summed E-state index contributed by atoms with van der Waals surface area (Å²) in [5.74, 6) is -1.92. The Bertz CT molecular complexity index is 2100. The summed E-state index contributed by atoms with van der Waals surface area (Å²) in [5.41, 5.74) is 4.61. The molecule has 0 saturated carbocycles. The average molecular weight is 905 g/mol. The lowest BCUT2D eigenvalue weighted by Gasteiger charge is -2.30. The number of hydrogen-bond acceptors (Lipinski definition) is 19. The third-order valence-electron chi connectivity index (χ3n) is 7.87. The van der Waals surface area contributed by atoms with E-state index in [1.54, 1.807) is 0 Å². The number of imidazole rings is 1. The second kappa shape index (κ2) is 19.8. The normalized spacial score (nSPS) is 21.3. The maximum absolute atomic E-state index is 13.2. The van der Waals surface area contributed by atoms with Crippen LogP contribution < -0.4 is 16.4 Å². The fourth-order valence-corrected chi connectivity index (χ4v) is 8.59. The number of aliphatic hydroxyl groups is 2. The van der Waals surface area contributed by atoms with E-state index in [-0.39, 0.29) is 53.8 Å². The van der Waals surface area contributed by atoms with Crippen molar-refractivity contribution in [3.8, 4) is 0 Å². The number of amides is 2. The van der Waals surface area contributed by atoms with Crippen molar-refractivity contribution >= 4 is 69.1 Å². The molecule has 0 radical (unpaired) electrons. The SMILES string of the molecule is CC(C)(COP(=O)(O)OP(=O)(O)OC[C@H]1O[C@@H](n2cnc3c(N)ncnc32)[C@H](O)[C@@H]1OP(=O)(O)O)[C@@H](O)C(=O)NCCC(=O)NCCSC(=O)Cc1cncc(F)c1. The Labute approximate surface area is 331 Å². The summed E-state index contributed by atoms with van der Waals surface area (Å²) in [7, 11) is -16.4. The molecule has 1 aliphatic rings. The zero-order valence-electron chi connectivity index (χ0n) is 30.3. The van der Waals surface area contributed by atoms with Crippen molar-refractivity contribution in [2.24, 2.45) is 5.41 Å². The van der Waals surface area contributed by atoms with E-state index in [9.17, 15) is 62.3 Å². The largest absolute Gasteiger partial charge is 0.481 e. The first kappa shape index (κ1) is 47.3. The second-order valence-corrected chi connectivity index (χ2v) is 18.4. The van der Waals surface area contributed by atoms with Gasteiger partial charge in [0.2, 0.25) is 11.8 Å². The first-order valence-corrected chi connectivity index (χ1v) is 22.1. The quantitative estimate of drug-likeness (QED) is 0.0478. The lowest BCUT2D eigenvalue weighted by Crippen LogP contribution is -2.46. The van der Waals surface area contributed by atoms with Gasteiger partial charge in [-0.25, -0.2) is 33.0 Å². The maximum atomic E-state index is 13.2. The predicted molar refractivity (Wildman–Crippen MR) is 195 cm³/mol. The van der Waals surface area contributed by atoms with E-state index < -0.39 is 90.4 Å². The second-order valence-electron chi connectivity index (χ2n) is 13.0. The molecule has 1 aliphatic heterocycles. The van der Waals surface area contributed by atoms with Crippen molar-refractivity contribution in [2.75, 3.05) is 37.8 Å². The number of carbonyl (C=O) groups is 3. The fraction of sp³-hybridized carbons (Fsp3) is 0.536. The number of pyridine rings is 1. The third kappa shape index (κ3) is 13.9. The zero-order chi connectivity index (χ0) is 43.1. The number of rotatable bonds is 21. The Morgan fingerprint density at radius 3 is 2.47 bits per heavy atom. The van der Waals surface area contributed by atoms with Crippen molar-refractivity contribution in [1.29, 1.82) is 0 Å². The number of hydrogen-bond donors (Lipinski definition) is 9. The highest BCUT2D eigenvalue weighted by Crippen LogP contribution is 2.61. The summed E-state index contributed by atoms with van der Waals surface area (Å²) >= 11 is 0.921. The molecule has 3 aromatic rings. The van der Waals surface area contributed by atoms with Crippen LogP contribution in [-0.2, 0) is 57.1 Å². The van der Waals surface area contributed by atoms with Crippen LogP contribution in [0.2, 0.25) is 0 Å². The molecule has 1 saturated heterocycles. The van der Waals surface area contributed by atoms with Gasteiger partial charge in [-0.2, -0.15) is 4.31 Å². The van der Waals surface area contributed by atoms with Crippen LogP contribution in [0.25, 0.3) is 11.2 Å². The summed E-state index contributed by atoms with van der Waals surface area (Å²) in [5, 5.41) is 26.0. The molecule has 10 N–H and O–H groups in total. The van der Waals surface area contributed by atoms with Crippen molar-refractivity contribution in [3.05, 3.63) is 42.5 Å². The van der Waals surface area contributed by atoms with Gasteiger partial charge in [-0.05, 0) is 11.6 Å². The molecule has 3 aromatic heterocycles. The van der Waals surface area contributed by atoms with Gasteiger partial charge < -0.3 is 50.9 Å². The number of phosphoric acid groups is 3. The molecule has 1 fully saturated rings. The van der Waals surface area contributed by atoms with Gasteiger partial charge in [-0.3, -0.25) is 37.5 Å². The molecular weight excluding hydrogens is 864 g/mol. The van der Waals surface area contributed by atoms with Crippen molar-refractivity contribution in [2.45, 2.75) is 57.3 Å². The van der Waals surface area contributed by atoms with Crippen LogP contribution in [0.4, 0.5) is 10.2 Å². The van der Waals surface area contributed by atoms with E-state index in [4.69, 9.17) is 19.5 Å². The van der Waals surface area contributed by atoms with Gasteiger partial charge in [0.1, 0.15) is 42.1 Å². The fourth-order valence-electron chi connectivity index (χ4n) is 5.07. The van der Waals surface area contributed by atoms with Crippen LogP contribution in [-0.4, -0.2) is 128 Å². The summed E-state index contributed by atoms with van der Waals surface area (Å²) in [6.45, 7) is 0.264. The molecule has 322 valence electrons. The lowest BCUT2D eigenvalue weighted by molar-refractivity contribution is -0.137. The molecular formula is C28H40FN8O17P3S.